The number of carboxylic acid groups (broad SMARTS) is 1. The molecule has 0 spiro atoms. The summed E-state index contributed by atoms with van der Waals surface area (Å²) in [6.45, 7) is -0.287. The Kier molecular flexibility index (Phi) is 5.19. The molecule has 5 nitrogen and oxygen atoms in total. The van der Waals surface area contributed by atoms with Gasteiger partial charge in [-0.25, -0.2) is 4.39 Å². The summed E-state index contributed by atoms with van der Waals surface area (Å²) in [5, 5.41) is 8.95. The van der Waals surface area contributed by atoms with Gasteiger partial charge in [0.1, 0.15) is 6.54 Å². The molecule has 6 heteroatoms. The van der Waals surface area contributed by atoms with E-state index in [-0.39, 0.29) is 12.1 Å². The fourth-order valence-corrected chi connectivity index (χ4v) is 2.04. The molecule has 0 aliphatic carbocycles. The summed E-state index contributed by atoms with van der Waals surface area (Å²) in [4.78, 5) is 28.0. The van der Waals surface area contributed by atoms with Crippen molar-refractivity contribution in [2.24, 2.45) is 0 Å². The first kappa shape index (κ1) is 15.6. The monoisotopic (exact) mass is 302 g/mol. The predicted molar refractivity (Wildman–Crippen MR) is 77.9 cm³/mol. The summed E-state index contributed by atoms with van der Waals surface area (Å²) in [5.41, 5.74) is 0.796. The summed E-state index contributed by atoms with van der Waals surface area (Å²) >= 11 is 0. The van der Waals surface area contributed by atoms with Crippen LogP contribution in [0.3, 0.4) is 0 Å². The highest BCUT2D eigenvalue weighted by molar-refractivity contribution is 5.95. The van der Waals surface area contributed by atoms with Gasteiger partial charge in [0.15, 0.2) is 5.82 Å². The number of nitrogens with zero attached hydrogens (tertiary/aromatic N) is 2. The number of carbonyl (C=O) groups is 2. The minimum atomic E-state index is -1.14. The van der Waals surface area contributed by atoms with Crippen LogP contribution in [0.1, 0.15) is 15.9 Å². The van der Waals surface area contributed by atoms with E-state index >= 15 is 0 Å². The number of carbonyl (C=O) groups excluding carboxylic acids is 1. The van der Waals surface area contributed by atoms with Crippen molar-refractivity contribution in [2.45, 2.75) is 6.42 Å². The van der Waals surface area contributed by atoms with Crippen molar-refractivity contribution in [1.29, 1.82) is 0 Å². The Balaban J connectivity index is 2.13. The number of rotatable bonds is 6. The summed E-state index contributed by atoms with van der Waals surface area (Å²) < 4.78 is 13.6. The van der Waals surface area contributed by atoms with Crippen LogP contribution in [-0.4, -0.2) is 40.0 Å². The first-order valence-electron chi connectivity index (χ1n) is 6.72. The molecule has 0 saturated carbocycles. The van der Waals surface area contributed by atoms with Crippen LogP contribution in [0.2, 0.25) is 0 Å². The molecule has 1 amide bonds. The second kappa shape index (κ2) is 7.31. The van der Waals surface area contributed by atoms with Crippen molar-refractivity contribution in [2.75, 3.05) is 13.1 Å². The Bertz CT molecular complexity index is 661. The number of carboxylic acids is 1. The molecule has 2 aromatic rings. The van der Waals surface area contributed by atoms with Crippen molar-refractivity contribution in [1.82, 2.24) is 9.88 Å². The lowest BCUT2D eigenvalue weighted by atomic mass is 10.1. The second-order valence-electron chi connectivity index (χ2n) is 4.71. The molecule has 0 aliphatic rings. The van der Waals surface area contributed by atoms with E-state index in [1.54, 1.807) is 0 Å². The molecular formula is C16H15FN2O3. The third-order valence-corrected chi connectivity index (χ3v) is 3.13. The SMILES string of the molecule is O=C(O)CN(CCc1ccccc1)C(=O)c1ccncc1F. The molecule has 0 bridgehead atoms. The van der Waals surface area contributed by atoms with Crippen molar-refractivity contribution in [3.8, 4) is 0 Å². The largest absolute Gasteiger partial charge is 0.480 e. The molecule has 0 saturated heterocycles. The summed E-state index contributed by atoms with van der Waals surface area (Å²) in [5.74, 6) is -2.56. The van der Waals surface area contributed by atoms with E-state index in [1.165, 1.54) is 12.3 Å². The number of aromatic nitrogens is 1. The van der Waals surface area contributed by atoms with Crippen LogP contribution < -0.4 is 0 Å². The quantitative estimate of drug-likeness (QED) is 0.886. The minimum Gasteiger partial charge on any atom is -0.480 e. The average molecular weight is 302 g/mol. The van der Waals surface area contributed by atoms with Crippen LogP contribution in [0.15, 0.2) is 48.8 Å². The van der Waals surface area contributed by atoms with Crippen LogP contribution in [0.5, 0.6) is 0 Å². The predicted octanol–water partition coefficient (Wildman–Crippen LogP) is 1.99. The van der Waals surface area contributed by atoms with E-state index in [2.05, 4.69) is 4.98 Å². The molecule has 0 aliphatic heterocycles. The highest BCUT2D eigenvalue weighted by atomic mass is 19.1. The van der Waals surface area contributed by atoms with Gasteiger partial charge in [0.05, 0.1) is 11.8 Å². The van der Waals surface area contributed by atoms with Crippen molar-refractivity contribution >= 4 is 11.9 Å². The van der Waals surface area contributed by atoms with Gasteiger partial charge in [0.2, 0.25) is 0 Å². The van der Waals surface area contributed by atoms with E-state index in [0.717, 1.165) is 16.7 Å². The van der Waals surface area contributed by atoms with Gasteiger partial charge in [0, 0.05) is 12.7 Å². The maximum absolute atomic E-state index is 13.6. The first-order valence-corrected chi connectivity index (χ1v) is 6.72. The van der Waals surface area contributed by atoms with Gasteiger partial charge < -0.3 is 10.0 Å². The maximum atomic E-state index is 13.6. The fraction of sp³-hybridized carbons (Fsp3) is 0.188. The Morgan fingerprint density at radius 1 is 1.18 bits per heavy atom. The van der Waals surface area contributed by atoms with Crippen LogP contribution in [0, 0.1) is 5.82 Å². The summed E-state index contributed by atoms with van der Waals surface area (Å²) in [7, 11) is 0. The molecule has 0 unspecified atom stereocenters. The van der Waals surface area contributed by atoms with Crippen LogP contribution in [0.25, 0.3) is 0 Å². The van der Waals surface area contributed by atoms with Gasteiger partial charge in [-0.2, -0.15) is 0 Å². The highest BCUT2D eigenvalue weighted by Gasteiger charge is 2.21. The Morgan fingerprint density at radius 2 is 1.91 bits per heavy atom. The van der Waals surface area contributed by atoms with Gasteiger partial charge in [-0.3, -0.25) is 14.6 Å². The van der Waals surface area contributed by atoms with E-state index in [0.29, 0.717) is 6.42 Å². The number of halogens is 1. The Labute approximate surface area is 127 Å². The fourth-order valence-electron chi connectivity index (χ4n) is 2.04. The molecule has 114 valence electrons. The van der Waals surface area contributed by atoms with Gasteiger partial charge in [-0.1, -0.05) is 30.3 Å². The molecule has 1 heterocycles. The zero-order chi connectivity index (χ0) is 15.9. The number of hydrogen-bond acceptors (Lipinski definition) is 3. The van der Waals surface area contributed by atoms with Crippen molar-refractivity contribution < 1.29 is 19.1 Å². The number of pyridine rings is 1. The average Bonchev–Trinajstić information content (AvgIpc) is 2.52. The zero-order valence-electron chi connectivity index (χ0n) is 11.8. The lowest BCUT2D eigenvalue weighted by molar-refractivity contribution is -0.137. The molecular weight excluding hydrogens is 287 g/mol. The van der Waals surface area contributed by atoms with Crippen LogP contribution in [0.4, 0.5) is 4.39 Å². The number of amides is 1. The van der Waals surface area contributed by atoms with E-state index < -0.39 is 24.2 Å². The Morgan fingerprint density at radius 3 is 2.55 bits per heavy atom. The third kappa shape index (κ3) is 4.12. The first-order chi connectivity index (χ1) is 10.6. The minimum absolute atomic E-state index is 0.177. The highest BCUT2D eigenvalue weighted by Crippen LogP contribution is 2.10. The molecule has 2 rings (SSSR count). The van der Waals surface area contributed by atoms with Crippen molar-refractivity contribution in [3.63, 3.8) is 0 Å². The molecule has 1 N–H and O–H groups in total. The topological polar surface area (TPSA) is 70.5 Å². The molecule has 1 aromatic carbocycles. The van der Waals surface area contributed by atoms with Crippen LogP contribution >= 0.6 is 0 Å². The van der Waals surface area contributed by atoms with E-state index in [1.807, 2.05) is 30.3 Å². The van der Waals surface area contributed by atoms with Crippen LogP contribution in [-0.2, 0) is 11.2 Å². The van der Waals surface area contributed by atoms with Crippen molar-refractivity contribution in [3.05, 3.63) is 65.7 Å². The molecule has 0 atom stereocenters. The smallest absolute Gasteiger partial charge is 0.323 e. The number of benzene rings is 1. The van der Waals surface area contributed by atoms with Gasteiger partial charge in [0.25, 0.3) is 5.91 Å². The van der Waals surface area contributed by atoms with Gasteiger partial charge in [-0.15, -0.1) is 0 Å². The zero-order valence-corrected chi connectivity index (χ0v) is 11.8. The van der Waals surface area contributed by atoms with E-state index in [4.69, 9.17) is 5.11 Å². The van der Waals surface area contributed by atoms with E-state index in [9.17, 15) is 14.0 Å². The summed E-state index contributed by atoms with van der Waals surface area (Å²) in [6.07, 6.45) is 2.72. The third-order valence-electron chi connectivity index (χ3n) is 3.13. The second-order valence-corrected chi connectivity index (χ2v) is 4.71. The molecule has 22 heavy (non-hydrogen) atoms. The molecule has 0 radical (unpaired) electrons. The van der Waals surface area contributed by atoms with Gasteiger partial charge >= 0.3 is 5.97 Å². The molecule has 1 aromatic heterocycles. The number of hydrogen-bond donors (Lipinski definition) is 1. The lowest BCUT2D eigenvalue weighted by Crippen LogP contribution is -2.37. The maximum Gasteiger partial charge on any atom is 0.323 e. The Hall–Kier alpha value is -2.76. The summed E-state index contributed by atoms with van der Waals surface area (Å²) in [6, 6.07) is 10.6. The van der Waals surface area contributed by atoms with Gasteiger partial charge in [-0.05, 0) is 18.1 Å². The standard InChI is InChI=1S/C16H15FN2O3/c17-14-10-18-8-6-13(14)16(22)19(11-15(20)21)9-7-12-4-2-1-3-5-12/h1-6,8,10H,7,9,11H2,(H,20,21). The lowest BCUT2D eigenvalue weighted by Gasteiger charge is -2.21. The normalized spacial score (nSPS) is 10.2. The number of aliphatic carboxylic acids is 1. The molecule has 0 fully saturated rings.